The molecule has 0 unspecified atom stereocenters. The molecule has 2 aromatic rings. The largest absolute Gasteiger partial charge is 0.340 e. The number of aryl methyl sites for hydroxylation is 2. The van der Waals surface area contributed by atoms with E-state index in [2.05, 4.69) is 36.3 Å². The minimum absolute atomic E-state index is 0.416. The third-order valence-corrected chi connectivity index (χ3v) is 2.64. The molecule has 0 spiro atoms. The van der Waals surface area contributed by atoms with Crippen molar-refractivity contribution in [2.75, 3.05) is 5.32 Å². The van der Waals surface area contributed by atoms with Gasteiger partial charge in [-0.25, -0.2) is 4.98 Å². The van der Waals surface area contributed by atoms with Gasteiger partial charge in [0, 0.05) is 5.69 Å². The van der Waals surface area contributed by atoms with E-state index in [9.17, 15) is 0 Å². The van der Waals surface area contributed by atoms with Gasteiger partial charge < -0.3 is 5.32 Å². The van der Waals surface area contributed by atoms with Crippen LogP contribution in [0.4, 0.5) is 11.5 Å². The highest BCUT2D eigenvalue weighted by molar-refractivity contribution is 5.58. The maximum atomic E-state index is 8.77. The molecule has 0 radical (unpaired) electrons. The Morgan fingerprint density at radius 2 is 1.94 bits per heavy atom. The molecule has 0 aliphatic carbocycles. The van der Waals surface area contributed by atoms with Crippen molar-refractivity contribution in [2.24, 2.45) is 0 Å². The first-order valence-electron chi connectivity index (χ1n) is 5.40. The molecular formula is C14H13N3. The molecule has 84 valence electrons. The molecule has 2 rings (SSSR count). The average Bonchev–Trinajstić information content (AvgIpc) is 2.34. The molecule has 0 fully saturated rings. The fraction of sp³-hybridized carbons (Fsp3) is 0.143. The summed E-state index contributed by atoms with van der Waals surface area (Å²) in [6.07, 6.45) is 0. The molecule has 0 atom stereocenters. The van der Waals surface area contributed by atoms with Crippen LogP contribution in [0.15, 0.2) is 36.4 Å². The minimum Gasteiger partial charge on any atom is -0.340 e. The lowest BCUT2D eigenvalue weighted by molar-refractivity contribution is 1.25. The van der Waals surface area contributed by atoms with Gasteiger partial charge in [-0.2, -0.15) is 5.26 Å². The van der Waals surface area contributed by atoms with Gasteiger partial charge in [-0.1, -0.05) is 12.1 Å². The van der Waals surface area contributed by atoms with E-state index in [0.29, 0.717) is 11.5 Å². The van der Waals surface area contributed by atoms with Crippen molar-refractivity contribution in [1.82, 2.24) is 4.98 Å². The molecule has 0 saturated carbocycles. The van der Waals surface area contributed by atoms with Crippen LogP contribution in [-0.4, -0.2) is 4.98 Å². The summed E-state index contributed by atoms with van der Waals surface area (Å²) in [7, 11) is 0. The van der Waals surface area contributed by atoms with Crippen molar-refractivity contribution >= 4 is 11.5 Å². The Bertz CT molecular complexity index is 582. The summed E-state index contributed by atoms with van der Waals surface area (Å²) >= 11 is 0. The molecule has 1 aromatic heterocycles. The fourth-order valence-electron chi connectivity index (χ4n) is 1.53. The van der Waals surface area contributed by atoms with Gasteiger partial charge >= 0.3 is 0 Å². The van der Waals surface area contributed by atoms with E-state index in [1.54, 1.807) is 6.07 Å². The summed E-state index contributed by atoms with van der Waals surface area (Å²) in [4.78, 5) is 4.17. The zero-order valence-electron chi connectivity index (χ0n) is 9.86. The van der Waals surface area contributed by atoms with Gasteiger partial charge in [0.1, 0.15) is 17.6 Å². The lowest BCUT2D eigenvalue weighted by atomic mass is 10.1. The molecule has 1 aromatic carbocycles. The number of rotatable bonds is 2. The Hall–Kier alpha value is -2.34. The Morgan fingerprint density at radius 3 is 2.65 bits per heavy atom. The molecule has 1 heterocycles. The molecule has 3 nitrogen and oxygen atoms in total. The SMILES string of the molecule is Cc1ccc(Nc2cccc(C#N)n2)cc1C. The predicted molar refractivity (Wildman–Crippen MR) is 68.2 cm³/mol. The molecular weight excluding hydrogens is 210 g/mol. The topological polar surface area (TPSA) is 48.7 Å². The first kappa shape index (κ1) is 11.2. The molecule has 0 bridgehead atoms. The third-order valence-electron chi connectivity index (χ3n) is 2.64. The van der Waals surface area contributed by atoms with Gasteiger partial charge in [0.25, 0.3) is 0 Å². The van der Waals surface area contributed by atoms with Crippen molar-refractivity contribution < 1.29 is 0 Å². The quantitative estimate of drug-likeness (QED) is 0.849. The van der Waals surface area contributed by atoms with Crippen LogP contribution >= 0.6 is 0 Å². The third kappa shape index (κ3) is 2.61. The molecule has 0 aliphatic rings. The number of aromatic nitrogens is 1. The van der Waals surface area contributed by atoms with Crippen molar-refractivity contribution in [1.29, 1.82) is 5.26 Å². The van der Waals surface area contributed by atoms with Crippen molar-refractivity contribution in [3.05, 3.63) is 53.2 Å². The van der Waals surface area contributed by atoms with Gasteiger partial charge in [0.15, 0.2) is 0 Å². The number of hydrogen-bond acceptors (Lipinski definition) is 3. The smallest absolute Gasteiger partial charge is 0.142 e. The molecule has 0 saturated heterocycles. The van der Waals surface area contributed by atoms with Crippen LogP contribution in [0.25, 0.3) is 0 Å². The second-order valence-electron chi connectivity index (χ2n) is 3.94. The van der Waals surface area contributed by atoms with Crippen LogP contribution in [0, 0.1) is 25.2 Å². The van der Waals surface area contributed by atoms with Crippen LogP contribution in [0.1, 0.15) is 16.8 Å². The van der Waals surface area contributed by atoms with Crippen LogP contribution in [0.5, 0.6) is 0 Å². The van der Waals surface area contributed by atoms with Crippen molar-refractivity contribution in [2.45, 2.75) is 13.8 Å². The highest BCUT2D eigenvalue weighted by Gasteiger charge is 1.99. The normalized spacial score (nSPS) is 9.71. The zero-order valence-corrected chi connectivity index (χ0v) is 9.86. The Labute approximate surface area is 101 Å². The van der Waals surface area contributed by atoms with Crippen LogP contribution in [0.3, 0.4) is 0 Å². The van der Waals surface area contributed by atoms with E-state index in [1.165, 1.54) is 11.1 Å². The van der Waals surface area contributed by atoms with Crippen LogP contribution in [0.2, 0.25) is 0 Å². The van der Waals surface area contributed by atoms with E-state index in [4.69, 9.17) is 5.26 Å². The standard InChI is InChI=1S/C14H13N3/c1-10-6-7-12(8-11(10)2)16-14-5-3-4-13(9-15)17-14/h3-8H,1-2H3,(H,16,17). The fourth-order valence-corrected chi connectivity index (χ4v) is 1.53. The number of nitrogens with one attached hydrogen (secondary N) is 1. The van der Waals surface area contributed by atoms with Crippen molar-refractivity contribution in [3.8, 4) is 6.07 Å². The summed E-state index contributed by atoms with van der Waals surface area (Å²) in [5.74, 6) is 0.687. The molecule has 3 heteroatoms. The predicted octanol–water partition coefficient (Wildman–Crippen LogP) is 3.31. The first-order valence-corrected chi connectivity index (χ1v) is 5.40. The number of benzene rings is 1. The lowest BCUT2D eigenvalue weighted by Crippen LogP contribution is -1.95. The molecule has 0 amide bonds. The highest BCUT2D eigenvalue weighted by atomic mass is 15.0. The lowest BCUT2D eigenvalue weighted by Gasteiger charge is -2.07. The van der Waals surface area contributed by atoms with Gasteiger partial charge in [0.05, 0.1) is 0 Å². The van der Waals surface area contributed by atoms with E-state index >= 15 is 0 Å². The minimum atomic E-state index is 0.416. The summed E-state index contributed by atoms with van der Waals surface area (Å²) in [6, 6.07) is 13.5. The number of hydrogen-bond donors (Lipinski definition) is 1. The zero-order chi connectivity index (χ0) is 12.3. The highest BCUT2D eigenvalue weighted by Crippen LogP contribution is 2.18. The van der Waals surface area contributed by atoms with Crippen LogP contribution in [-0.2, 0) is 0 Å². The maximum absolute atomic E-state index is 8.77. The molecule has 17 heavy (non-hydrogen) atoms. The van der Waals surface area contributed by atoms with Crippen molar-refractivity contribution in [3.63, 3.8) is 0 Å². The second-order valence-corrected chi connectivity index (χ2v) is 3.94. The number of nitriles is 1. The van der Waals surface area contributed by atoms with Crippen LogP contribution < -0.4 is 5.32 Å². The van der Waals surface area contributed by atoms with E-state index in [-0.39, 0.29) is 0 Å². The van der Waals surface area contributed by atoms with Gasteiger partial charge in [-0.05, 0) is 49.2 Å². The Balaban J connectivity index is 2.25. The number of nitrogens with zero attached hydrogens (tertiary/aromatic N) is 2. The maximum Gasteiger partial charge on any atom is 0.142 e. The van der Waals surface area contributed by atoms with Gasteiger partial charge in [0.2, 0.25) is 0 Å². The molecule has 1 N–H and O–H groups in total. The summed E-state index contributed by atoms with van der Waals surface area (Å²) < 4.78 is 0. The van der Waals surface area contributed by atoms with E-state index in [1.807, 2.05) is 24.3 Å². The number of anilines is 2. The summed E-state index contributed by atoms with van der Waals surface area (Å²) in [5, 5.41) is 12.0. The first-order chi connectivity index (χ1) is 8.19. The van der Waals surface area contributed by atoms with E-state index in [0.717, 1.165) is 5.69 Å². The summed E-state index contributed by atoms with van der Waals surface area (Å²) in [5.41, 5.74) is 3.88. The van der Waals surface area contributed by atoms with Gasteiger partial charge in [-0.3, -0.25) is 0 Å². The van der Waals surface area contributed by atoms with E-state index < -0.39 is 0 Å². The monoisotopic (exact) mass is 223 g/mol. The summed E-state index contributed by atoms with van der Waals surface area (Å²) in [6.45, 7) is 4.15. The second kappa shape index (κ2) is 4.67. The van der Waals surface area contributed by atoms with Gasteiger partial charge in [-0.15, -0.1) is 0 Å². The Kier molecular flexibility index (Phi) is 3.06. The molecule has 0 aliphatic heterocycles. The number of pyridine rings is 1. The Morgan fingerprint density at radius 1 is 1.12 bits per heavy atom. The average molecular weight is 223 g/mol.